The molecule has 4 heteroatoms. The highest BCUT2D eigenvalue weighted by Crippen LogP contribution is 2.29. The van der Waals surface area contributed by atoms with Crippen molar-refractivity contribution in [2.45, 2.75) is 17.7 Å². The Morgan fingerprint density at radius 3 is 2.50 bits per heavy atom. The monoisotopic (exact) mass is 292 g/mol. The van der Waals surface area contributed by atoms with E-state index in [-0.39, 0.29) is 11.3 Å². The summed E-state index contributed by atoms with van der Waals surface area (Å²) in [6.45, 7) is 1.74. The summed E-state index contributed by atoms with van der Waals surface area (Å²) in [7, 11) is 0. The van der Waals surface area contributed by atoms with Gasteiger partial charge in [0.15, 0.2) is 5.78 Å². The number of ketones is 1. The Hall–Kier alpha value is -1.68. The van der Waals surface area contributed by atoms with Crippen molar-refractivity contribution in [2.75, 3.05) is 6.26 Å². The molecule has 0 saturated carbocycles. The van der Waals surface area contributed by atoms with Gasteiger partial charge in [0.25, 0.3) is 0 Å². The number of carbonyl (C=O) groups is 1. The molecule has 0 amide bonds. The number of hydrogen-bond donors (Lipinski definition) is 0. The van der Waals surface area contributed by atoms with Crippen LogP contribution in [-0.4, -0.2) is 12.0 Å². The Bertz CT molecular complexity index is 640. The fourth-order valence-electron chi connectivity index (χ4n) is 2.09. The van der Waals surface area contributed by atoms with Crippen LogP contribution >= 0.6 is 11.8 Å². The van der Waals surface area contributed by atoms with Gasteiger partial charge >= 0.3 is 0 Å². The smallest absolute Gasteiger partial charge is 0.173 e. The van der Waals surface area contributed by atoms with Crippen molar-refractivity contribution < 1.29 is 13.6 Å². The summed E-state index contributed by atoms with van der Waals surface area (Å²) in [5.74, 6) is -2.32. The van der Waals surface area contributed by atoms with Gasteiger partial charge in [-0.25, -0.2) is 8.78 Å². The summed E-state index contributed by atoms with van der Waals surface area (Å²) in [6.07, 6.45) is 1.93. The molecule has 0 fully saturated rings. The van der Waals surface area contributed by atoms with Crippen LogP contribution in [0.25, 0.3) is 0 Å². The summed E-state index contributed by atoms with van der Waals surface area (Å²) in [4.78, 5) is 13.4. The lowest BCUT2D eigenvalue weighted by Gasteiger charge is -2.14. The quantitative estimate of drug-likeness (QED) is 0.601. The number of hydrogen-bond acceptors (Lipinski definition) is 2. The molecule has 0 saturated heterocycles. The highest BCUT2D eigenvalue weighted by atomic mass is 32.2. The lowest BCUT2D eigenvalue weighted by atomic mass is 9.92. The number of Topliss-reactive ketones (excluding diaryl/α,β-unsaturated/α-hetero) is 1. The third-order valence-corrected chi connectivity index (χ3v) is 4.01. The van der Waals surface area contributed by atoms with Crippen molar-refractivity contribution in [3.63, 3.8) is 0 Å². The average Bonchev–Trinajstić information content (AvgIpc) is 2.45. The van der Waals surface area contributed by atoms with Crippen LogP contribution in [0.4, 0.5) is 8.78 Å². The van der Waals surface area contributed by atoms with Crippen LogP contribution in [0, 0.1) is 11.6 Å². The van der Waals surface area contributed by atoms with E-state index < -0.39 is 17.6 Å². The molecule has 0 aliphatic heterocycles. The molecule has 2 rings (SSSR count). The highest BCUT2D eigenvalue weighted by molar-refractivity contribution is 7.98. The van der Waals surface area contributed by atoms with Crippen molar-refractivity contribution in [1.82, 2.24) is 0 Å². The maximum atomic E-state index is 13.7. The Kier molecular flexibility index (Phi) is 4.55. The van der Waals surface area contributed by atoms with Crippen molar-refractivity contribution in [3.8, 4) is 0 Å². The van der Waals surface area contributed by atoms with E-state index in [1.807, 2.05) is 30.5 Å². The van der Waals surface area contributed by atoms with E-state index in [9.17, 15) is 13.6 Å². The van der Waals surface area contributed by atoms with Gasteiger partial charge in [-0.15, -0.1) is 11.8 Å². The normalized spacial score (nSPS) is 12.2. The fraction of sp³-hybridized carbons (Fsp3) is 0.188. The Balaban J connectivity index is 2.37. The van der Waals surface area contributed by atoms with Crippen LogP contribution in [0.15, 0.2) is 47.4 Å². The minimum absolute atomic E-state index is 0.0743. The summed E-state index contributed by atoms with van der Waals surface area (Å²) in [5.41, 5.74) is 0.781. The second-order valence-electron chi connectivity index (χ2n) is 4.45. The maximum Gasteiger partial charge on any atom is 0.173 e. The average molecular weight is 292 g/mol. The van der Waals surface area contributed by atoms with Gasteiger partial charge < -0.3 is 0 Å². The molecule has 0 heterocycles. The molecule has 20 heavy (non-hydrogen) atoms. The van der Waals surface area contributed by atoms with Gasteiger partial charge in [-0.2, -0.15) is 0 Å². The second kappa shape index (κ2) is 6.18. The molecule has 0 aromatic heterocycles. The van der Waals surface area contributed by atoms with Gasteiger partial charge in [0.05, 0.1) is 5.56 Å². The summed E-state index contributed by atoms with van der Waals surface area (Å²) < 4.78 is 26.6. The number of thioether (sulfide) groups is 1. The number of rotatable bonds is 4. The van der Waals surface area contributed by atoms with E-state index in [0.29, 0.717) is 0 Å². The minimum Gasteiger partial charge on any atom is -0.293 e. The van der Waals surface area contributed by atoms with E-state index >= 15 is 0 Å². The van der Waals surface area contributed by atoms with Gasteiger partial charge in [-0.3, -0.25) is 4.79 Å². The molecule has 0 aliphatic rings. The van der Waals surface area contributed by atoms with Crippen molar-refractivity contribution in [3.05, 3.63) is 65.2 Å². The molecule has 1 nitrogen and oxygen atoms in total. The molecule has 104 valence electrons. The van der Waals surface area contributed by atoms with Crippen LogP contribution in [0.2, 0.25) is 0 Å². The number of benzene rings is 2. The Labute approximate surface area is 121 Å². The molecule has 2 aromatic rings. The minimum atomic E-state index is -0.816. The Morgan fingerprint density at radius 1 is 1.15 bits per heavy atom. The predicted octanol–water partition coefficient (Wildman–Crippen LogP) is 4.67. The summed E-state index contributed by atoms with van der Waals surface area (Å²) in [6, 6.07) is 10.6. The predicted molar refractivity (Wildman–Crippen MR) is 77.3 cm³/mol. The van der Waals surface area contributed by atoms with E-state index in [1.54, 1.807) is 6.92 Å². The fourth-order valence-corrected chi connectivity index (χ4v) is 2.78. The number of carbonyl (C=O) groups excluding carboxylic acids is 1. The van der Waals surface area contributed by atoms with Crippen molar-refractivity contribution in [1.29, 1.82) is 0 Å². The zero-order valence-electron chi connectivity index (χ0n) is 11.2. The van der Waals surface area contributed by atoms with E-state index in [2.05, 4.69) is 0 Å². The molecular formula is C16H14F2OS. The molecular weight excluding hydrogens is 278 g/mol. The molecule has 0 aliphatic carbocycles. The summed E-state index contributed by atoms with van der Waals surface area (Å²) in [5, 5.41) is 0. The first kappa shape index (κ1) is 14.7. The van der Waals surface area contributed by atoms with Crippen LogP contribution in [0.3, 0.4) is 0 Å². The molecule has 0 spiro atoms. The first-order valence-corrected chi connectivity index (χ1v) is 7.39. The second-order valence-corrected chi connectivity index (χ2v) is 5.30. The molecule has 0 radical (unpaired) electrons. The molecule has 1 atom stereocenters. The van der Waals surface area contributed by atoms with Gasteiger partial charge in [-0.1, -0.05) is 25.1 Å². The zero-order chi connectivity index (χ0) is 14.7. The zero-order valence-corrected chi connectivity index (χ0v) is 12.0. The van der Waals surface area contributed by atoms with E-state index in [0.717, 1.165) is 22.6 Å². The topological polar surface area (TPSA) is 17.1 Å². The van der Waals surface area contributed by atoms with Crippen molar-refractivity contribution in [2.24, 2.45) is 0 Å². The standard InChI is InChI=1S/C16H14F2OS/c1-10(12-5-3-4-6-15(12)20-2)16(19)13-8-7-11(17)9-14(13)18/h3-10H,1-2H3. The van der Waals surface area contributed by atoms with Crippen LogP contribution in [0.5, 0.6) is 0 Å². The van der Waals surface area contributed by atoms with E-state index in [1.165, 1.54) is 17.8 Å². The maximum absolute atomic E-state index is 13.7. The third kappa shape index (κ3) is 2.90. The lowest BCUT2D eigenvalue weighted by Crippen LogP contribution is -2.12. The van der Waals surface area contributed by atoms with Crippen LogP contribution < -0.4 is 0 Å². The van der Waals surface area contributed by atoms with Crippen LogP contribution in [-0.2, 0) is 0 Å². The first-order valence-electron chi connectivity index (χ1n) is 6.16. The van der Waals surface area contributed by atoms with Gasteiger partial charge in [-0.05, 0) is 30.0 Å². The van der Waals surface area contributed by atoms with Crippen molar-refractivity contribution >= 4 is 17.5 Å². The first-order chi connectivity index (χ1) is 9.54. The van der Waals surface area contributed by atoms with Gasteiger partial charge in [0.1, 0.15) is 11.6 Å². The molecule has 0 bridgehead atoms. The van der Waals surface area contributed by atoms with Gasteiger partial charge in [0.2, 0.25) is 0 Å². The van der Waals surface area contributed by atoms with Gasteiger partial charge in [0, 0.05) is 16.9 Å². The largest absolute Gasteiger partial charge is 0.293 e. The molecule has 1 unspecified atom stereocenters. The third-order valence-electron chi connectivity index (χ3n) is 3.20. The Morgan fingerprint density at radius 2 is 1.85 bits per heavy atom. The molecule has 0 N–H and O–H groups in total. The number of halogens is 2. The summed E-state index contributed by atoms with van der Waals surface area (Å²) >= 11 is 1.54. The highest BCUT2D eigenvalue weighted by Gasteiger charge is 2.22. The lowest BCUT2D eigenvalue weighted by molar-refractivity contribution is 0.0961. The SMILES string of the molecule is CSc1ccccc1C(C)C(=O)c1ccc(F)cc1F. The van der Waals surface area contributed by atoms with Crippen LogP contribution in [0.1, 0.15) is 28.8 Å². The molecule has 2 aromatic carbocycles. The van der Waals surface area contributed by atoms with E-state index in [4.69, 9.17) is 0 Å².